The van der Waals surface area contributed by atoms with Crippen LogP contribution in [0.5, 0.6) is 0 Å². The number of piperidine rings is 1. The minimum Gasteiger partial charge on any atom is -0.381 e. The number of hydrogen-bond donors (Lipinski definition) is 1. The van der Waals surface area contributed by atoms with E-state index in [4.69, 9.17) is 10.5 Å². The Labute approximate surface area is 119 Å². The van der Waals surface area contributed by atoms with Crippen LogP contribution in [-0.2, 0) is 11.3 Å². The lowest BCUT2D eigenvalue weighted by atomic mass is 10.1. The number of anilines is 1. The molecule has 2 rings (SSSR count). The summed E-state index contributed by atoms with van der Waals surface area (Å²) in [5.74, 6) is 0. The molecule has 0 spiro atoms. The van der Waals surface area contributed by atoms with Gasteiger partial charge in [-0.25, -0.2) is 4.68 Å². The Kier molecular flexibility index (Phi) is 5.14. The fraction of sp³-hybridized carbons (Fsp3) is 0.714. The second-order valence-electron chi connectivity index (χ2n) is 5.32. The number of aromatic nitrogens is 2. The van der Waals surface area contributed by atoms with Crippen molar-refractivity contribution in [3.8, 4) is 0 Å². The van der Waals surface area contributed by atoms with Crippen molar-refractivity contribution in [1.82, 2.24) is 9.78 Å². The first-order valence-electron chi connectivity index (χ1n) is 7.24. The average molecular weight is 280 g/mol. The van der Waals surface area contributed by atoms with Gasteiger partial charge in [0.15, 0.2) is 0 Å². The predicted molar refractivity (Wildman–Crippen MR) is 79.0 cm³/mol. The summed E-state index contributed by atoms with van der Waals surface area (Å²) in [6.07, 6.45) is 4.90. The Balaban J connectivity index is 2.04. The van der Waals surface area contributed by atoms with Crippen LogP contribution in [0, 0.1) is 0 Å². The highest BCUT2D eigenvalue weighted by Gasteiger charge is 2.19. The molecule has 1 aliphatic rings. The Morgan fingerprint density at radius 2 is 2.20 bits per heavy atom. The van der Waals surface area contributed by atoms with Crippen LogP contribution in [-0.4, -0.2) is 42.1 Å². The lowest BCUT2D eigenvalue weighted by molar-refractivity contribution is 0.0819. The summed E-state index contributed by atoms with van der Waals surface area (Å²) >= 11 is 0. The standard InChI is InChI=1S/C14H24N4O2/c1-3-11(15)10-18-14(19)8-12(9-16-18)17-6-4-13(20-2)5-7-17/h8-9,11,13H,3-7,10,15H2,1-2H3. The van der Waals surface area contributed by atoms with E-state index >= 15 is 0 Å². The third kappa shape index (κ3) is 3.58. The maximum Gasteiger partial charge on any atom is 0.268 e. The fourth-order valence-corrected chi connectivity index (χ4v) is 2.44. The first kappa shape index (κ1) is 15.0. The normalized spacial score (nSPS) is 18.2. The van der Waals surface area contributed by atoms with Crippen LogP contribution >= 0.6 is 0 Å². The quantitative estimate of drug-likeness (QED) is 0.855. The van der Waals surface area contributed by atoms with Gasteiger partial charge < -0.3 is 15.4 Å². The molecule has 20 heavy (non-hydrogen) atoms. The van der Waals surface area contributed by atoms with Crippen LogP contribution in [0.2, 0.25) is 0 Å². The zero-order valence-corrected chi connectivity index (χ0v) is 12.3. The van der Waals surface area contributed by atoms with Crippen molar-refractivity contribution in [1.29, 1.82) is 0 Å². The van der Waals surface area contributed by atoms with E-state index in [1.807, 2.05) is 6.92 Å². The smallest absolute Gasteiger partial charge is 0.268 e. The van der Waals surface area contributed by atoms with Gasteiger partial charge in [0.25, 0.3) is 5.56 Å². The number of methoxy groups -OCH3 is 1. The molecule has 2 heterocycles. The molecule has 1 unspecified atom stereocenters. The van der Waals surface area contributed by atoms with E-state index in [1.165, 1.54) is 4.68 Å². The Morgan fingerprint density at radius 1 is 1.50 bits per heavy atom. The maximum absolute atomic E-state index is 12.0. The fourth-order valence-electron chi connectivity index (χ4n) is 2.44. The minimum absolute atomic E-state index is 0.0245. The SMILES string of the molecule is CCC(N)Cn1ncc(N2CCC(OC)CC2)cc1=O. The van der Waals surface area contributed by atoms with Crippen molar-refractivity contribution in [2.24, 2.45) is 5.73 Å². The van der Waals surface area contributed by atoms with Crippen LogP contribution < -0.4 is 16.2 Å². The highest BCUT2D eigenvalue weighted by molar-refractivity contribution is 5.43. The van der Waals surface area contributed by atoms with E-state index in [-0.39, 0.29) is 11.6 Å². The molecule has 1 fully saturated rings. The van der Waals surface area contributed by atoms with Crippen LogP contribution in [0.3, 0.4) is 0 Å². The third-order valence-electron chi connectivity index (χ3n) is 3.93. The van der Waals surface area contributed by atoms with Gasteiger partial charge in [0.05, 0.1) is 24.5 Å². The van der Waals surface area contributed by atoms with E-state index in [9.17, 15) is 4.79 Å². The first-order chi connectivity index (χ1) is 9.63. The molecule has 6 heteroatoms. The summed E-state index contributed by atoms with van der Waals surface area (Å²) in [7, 11) is 1.75. The molecule has 1 saturated heterocycles. The largest absolute Gasteiger partial charge is 0.381 e. The second kappa shape index (κ2) is 6.85. The van der Waals surface area contributed by atoms with Gasteiger partial charge in [-0.3, -0.25) is 4.79 Å². The van der Waals surface area contributed by atoms with Crippen LogP contribution in [0.4, 0.5) is 5.69 Å². The molecular formula is C14H24N4O2. The van der Waals surface area contributed by atoms with Crippen molar-refractivity contribution < 1.29 is 4.74 Å². The monoisotopic (exact) mass is 280 g/mol. The van der Waals surface area contributed by atoms with E-state index in [2.05, 4.69) is 10.00 Å². The van der Waals surface area contributed by atoms with E-state index in [0.717, 1.165) is 38.0 Å². The van der Waals surface area contributed by atoms with Crippen LogP contribution in [0.1, 0.15) is 26.2 Å². The van der Waals surface area contributed by atoms with Crippen LogP contribution in [0.15, 0.2) is 17.1 Å². The van der Waals surface area contributed by atoms with E-state index in [0.29, 0.717) is 12.6 Å². The second-order valence-corrected chi connectivity index (χ2v) is 5.32. The third-order valence-corrected chi connectivity index (χ3v) is 3.93. The summed E-state index contributed by atoms with van der Waals surface area (Å²) in [6, 6.07) is 1.63. The molecule has 0 saturated carbocycles. The van der Waals surface area contributed by atoms with Gasteiger partial charge in [0, 0.05) is 32.3 Å². The first-order valence-corrected chi connectivity index (χ1v) is 7.24. The summed E-state index contributed by atoms with van der Waals surface area (Å²) in [4.78, 5) is 14.2. The van der Waals surface area contributed by atoms with Gasteiger partial charge >= 0.3 is 0 Å². The summed E-state index contributed by atoms with van der Waals surface area (Å²) in [5, 5.41) is 4.23. The molecule has 0 aliphatic carbocycles. The average Bonchev–Trinajstić information content (AvgIpc) is 2.49. The molecular weight excluding hydrogens is 256 g/mol. The van der Waals surface area contributed by atoms with Gasteiger partial charge in [-0.15, -0.1) is 0 Å². The van der Waals surface area contributed by atoms with Crippen molar-refractivity contribution in [2.75, 3.05) is 25.1 Å². The van der Waals surface area contributed by atoms with Gasteiger partial charge in [-0.1, -0.05) is 6.92 Å². The Bertz CT molecular complexity index is 480. The molecule has 1 aromatic heterocycles. The van der Waals surface area contributed by atoms with Gasteiger partial charge in [0.1, 0.15) is 0 Å². The number of ether oxygens (including phenoxy) is 1. The van der Waals surface area contributed by atoms with Crippen molar-refractivity contribution >= 4 is 5.69 Å². The summed E-state index contributed by atoms with van der Waals surface area (Å²) in [6.45, 7) is 4.28. The van der Waals surface area contributed by atoms with E-state index < -0.39 is 0 Å². The Hall–Kier alpha value is -1.40. The number of rotatable bonds is 5. The lowest BCUT2D eigenvalue weighted by Crippen LogP contribution is -2.38. The van der Waals surface area contributed by atoms with Crippen molar-refractivity contribution in [3.05, 3.63) is 22.6 Å². The molecule has 1 aromatic rings. The topological polar surface area (TPSA) is 73.4 Å². The zero-order valence-electron chi connectivity index (χ0n) is 12.3. The number of nitrogens with two attached hydrogens (primary N) is 1. The highest BCUT2D eigenvalue weighted by Crippen LogP contribution is 2.18. The summed E-state index contributed by atoms with van der Waals surface area (Å²) < 4.78 is 6.80. The van der Waals surface area contributed by atoms with Crippen LogP contribution in [0.25, 0.3) is 0 Å². The number of nitrogens with zero attached hydrogens (tertiary/aromatic N) is 3. The van der Waals surface area contributed by atoms with E-state index in [1.54, 1.807) is 19.4 Å². The van der Waals surface area contributed by atoms with Crippen molar-refractivity contribution in [2.45, 2.75) is 44.9 Å². The lowest BCUT2D eigenvalue weighted by Gasteiger charge is -2.32. The predicted octanol–water partition coefficient (Wildman–Crippen LogP) is 0.596. The molecule has 1 atom stereocenters. The molecule has 6 nitrogen and oxygen atoms in total. The number of hydrogen-bond acceptors (Lipinski definition) is 5. The zero-order chi connectivity index (χ0) is 14.5. The van der Waals surface area contributed by atoms with Gasteiger partial charge in [0.2, 0.25) is 0 Å². The minimum atomic E-state index is -0.0831. The summed E-state index contributed by atoms with van der Waals surface area (Å²) in [5.41, 5.74) is 6.67. The highest BCUT2D eigenvalue weighted by atomic mass is 16.5. The maximum atomic E-state index is 12.0. The molecule has 0 bridgehead atoms. The molecule has 2 N–H and O–H groups in total. The molecule has 0 amide bonds. The van der Waals surface area contributed by atoms with Crippen molar-refractivity contribution in [3.63, 3.8) is 0 Å². The van der Waals surface area contributed by atoms with Gasteiger partial charge in [-0.2, -0.15) is 5.10 Å². The molecule has 112 valence electrons. The molecule has 1 aliphatic heterocycles. The molecule has 0 radical (unpaired) electrons. The van der Waals surface area contributed by atoms with Gasteiger partial charge in [-0.05, 0) is 19.3 Å². The molecule has 0 aromatic carbocycles. The Morgan fingerprint density at radius 3 is 2.75 bits per heavy atom.